The van der Waals surface area contributed by atoms with Gasteiger partial charge in [0.1, 0.15) is 11.5 Å². The van der Waals surface area contributed by atoms with E-state index in [4.69, 9.17) is 9.40 Å². The second-order valence-corrected chi connectivity index (χ2v) is 9.59. The van der Waals surface area contributed by atoms with Crippen LogP contribution in [-0.2, 0) is 18.3 Å². The molecule has 0 saturated carbocycles. The Labute approximate surface area is 182 Å². The molecule has 0 saturated heterocycles. The van der Waals surface area contributed by atoms with E-state index in [-0.39, 0.29) is 5.41 Å². The molecule has 1 aliphatic carbocycles. The first-order valence-corrected chi connectivity index (χ1v) is 11.0. The van der Waals surface area contributed by atoms with E-state index in [1.54, 1.807) is 0 Å². The summed E-state index contributed by atoms with van der Waals surface area (Å²) in [6.07, 6.45) is 3.89. The Hall–Kier alpha value is -3.39. The smallest absolute Gasteiger partial charge is 0.161 e. The highest BCUT2D eigenvalue weighted by molar-refractivity contribution is 6.03. The van der Waals surface area contributed by atoms with Crippen LogP contribution in [0.5, 0.6) is 0 Å². The molecular weight excluding hydrogens is 378 g/mol. The van der Waals surface area contributed by atoms with Crippen molar-refractivity contribution in [1.29, 1.82) is 0 Å². The van der Waals surface area contributed by atoms with E-state index in [2.05, 4.69) is 87.5 Å². The predicted octanol–water partition coefficient (Wildman–Crippen LogP) is 7.71. The molecule has 5 aromatic rings. The number of rotatable bonds is 1. The Morgan fingerprint density at radius 2 is 1.65 bits per heavy atom. The zero-order valence-electron chi connectivity index (χ0n) is 18.2. The van der Waals surface area contributed by atoms with Crippen molar-refractivity contribution in [1.82, 2.24) is 4.98 Å². The molecule has 0 aliphatic heterocycles. The second kappa shape index (κ2) is 6.55. The molecule has 0 bridgehead atoms. The van der Waals surface area contributed by atoms with Gasteiger partial charge in [-0.25, -0.2) is 0 Å². The summed E-state index contributed by atoms with van der Waals surface area (Å²) in [5.41, 5.74) is 8.27. The number of pyridine rings is 1. The third kappa shape index (κ3) is 2.82. The normalized spacial score (nSPS) is 13.4. The van der Waals surface area contributed by atoms with Gasteiger partial charge >= 0.3 is 0 Å². The van der Waals surface area contributed by atoms with Gasteiger partial charge in [-0.3, -0.25) is 4.98 Å². The highest BCUT2D eigenvalue weighted by atomic mass is 16.3. The third-order valence-corrected chi connectivity index (χ3v) is 6.53. The van der Waals surface area contributed by atoms with Crippen molar-refractivity contribution >= 4 is 21.7 Å². The third-order valence-electron chi connectivity index (χ3n) is 6.53. The first-order chi connectivity index (χ1) is 15.0. The van der Waals surface area contributed by atoms with E-state index in [0.717, 1.165) is 40.8 Å². The van der Waals surface area contributed by atoms with E-state index >= 15 is 0 Å². The number of fused-ring (bicyclic) bond motifs is 6. The molecule has 0 fully saturated rings. The number of benzene rings is 3. The monoisotopic (exact) mass is 403 g/mol. The number of hydrogen-bond donors (Lipinski definition) is 0. The molecule has 3 aromatic carbocycles. The van der Waals surface area contributed by atoms with Crippen molar-refractivity contribution in [2.75, 3.05) is 0 Å². The molecule has 0 atom stereocenters. The van der Waals surface area contributed by atoms with Gasteiger partial charge in [0.05, 0.1) is 0 Å². The molecule has 6 rings (SSSR count). The summed E-state index contributed by atoms with van der Waals surface area (Å²) in [6, 6.07) is 24.0. The maximum absolute atomic E-state index is 6.51. The number of furan rings is 1. The number of aromatic nitrogens is 1. The Morgan fingerprint density at radius 3 is 2.52 bits per heavy atom. The molecular formula is C29H25NO. The lowest BCUT2D eigenvalue weighted by Crippen LogP contribution is -2.12. The van der Waals surface area contributed by atoms with Gasteiger partial charge < -0.3 is 4.42 Å². The van der Waals surface area contributed by atoms with Gasteiger partial charge in [0, 0.05) is 29.1 Å². The Kier molecular flexibility index (Phi) is 3.89. The van der Waals surface area contributed by atoms with Crippen molar-refractivity contribution < 1.29 is 4.42 Å². The van der Waals surface area contributed by atoms with Crippen molar-refractivity contribution in [3.05, 3.63) is 89.8 Å². The Morgan fingerprint density at radius 1 is 0.839 bits per heavy atom. The standard InChI is InChI=1S/C29H25NO/c1-29(2,3)24-17-20(16-19-9-5-6-10-21(19)24)27-28-23(14-15-30-27)26-22-11-7-4-8-18(22)12-13-25(26)31-28/h4-11,14-17H,12-13H2,1-3H3. The Bertz CT molecular complexity index is 1470. The quantitative estimate of drug-likeness (QED) is 0.286. The lowest BCUT2D eigenvalue weighted by molar-refractivity contribution is 0.545. The summed E-state index contributed by atoms with van der Waals surface area (Å²) in [6.45, 7) is 6.82. The van der Waals surface area contributed by atoms with Crippen molar-refractivity contribution in [3.8, 4) is 22.4 Å². The Balaban J connectivity index is 1.64. The molecule has 152 valence electrons. The van der Waals surface area contributed by atoms with E-state index in [1.165, 1.54) is 33.0 Å². The maximum atomic E-state index is 6.51. The summed E-state index contributed by atoms with van der Waals surface area (Å²) in [5, 5.41) is 3.71. The number of aryl methyl sites for hydroxylation is 2. The zero-order chi connectivity index (χ0) is 21.2. The SMILES string of the molecule is CC(C)(C)c1cc(-c2nccc3c4c(oc23)CCc2ccccc2-4)cc2ccccc12. The minimum Gasteiger partial charge on any atom is -0.458 e. The van der Waals surface area contributed by atoms with Crippen LogP contribution in [0, 0.1) is 0 Å². The van der Waals surface area contributed by atoms with Crippen molar-refractivity contribution in [3.63, 3.8) is 0 Å². The average Bonchev–Trinajstić information content (AvgIpc) is 3.17. The minimum absolute atomic E-state index is 0.0326. The summed E-state index contributed by atoms with van der Waals surface area (Å²) in [5.74, 6) is 1.08. The van der Waals surface area contributed by atoms with Gasteiger partial charge in [-0.15, -0.1) is 0 Å². The fourth-order valence-electron chi connectivity index (χ4n) is 5.05. The van der Waals surface area contributed by atoms with Crippen LogP contribution in [0.25, 0.3) is 44.1 Å². The van der Waals surface area contributed by atoms with Crippen LogP contribution in [0.4, 0.5) is 0 Å². The molecule has 0 spiro atoms. The lowest BCUT2D eigenvalue weighted by atomic mass is 9.82. The fourth-order valence-corrected chi connectivity index (χ4v) is 5.05. The maximum Gasteiger partial charge on any atom is 0.161 e. The average molecular weight is 404 g/mol. The highest BCUT2D eigenvalue weighted by Crippen LogP contribution is 2.44. The van der Waals surface area contributed by atoms with Crippen LogP contribution in [-0.4, -0.2) is 4.98 Å². The fraction of sp³-hybridized carbons (Fsp3) is 0.207. The largest absolute Gasteiger partial charge is 0.458 e. The molecule has 31 heavy (non-hydrogen) atoms. The summed E-state index contributed by atoms with van der Waals surface area (Å²) in [7, 11) is 0. The molecule has 0 unspecified atom stereocenters. The molecule has 0 N–H and O–H groups in total. The first kappa shape index (κ1) is 18.4. The molecule has 2 heteroatoms. The van der Waals surface area contributed by atoms with Gasteiger partial charge in [-0.05, 0) is 57.5 Å². The van der Waals surface area contributed by atoms with E-state index in [0.29, 0.717) is 0 Å². The molecule has 0 radical (unpaired) electrons. The lowest BCUT2D eigenvalue weighted by Gasteiger charge is -2.22. The van der Waals surface area contributed by atoms with Crippen LogP contribution < -0.4 is 0 Å². The number of hydrogen-bond acceptors (Lipinski definition) is 2. The van der Waals surface area contributed by atoms with E-state index in [1.807, 2.05) is 6.20 Å². The summed E-state index contributed by atoms with van der Waals surface area (Å²) in [4.78, 5) is 4.81. The molecule has 0 amide bonds. The van der Waals surface area contributed by atoms with Gasteiger partial charge in [-0.2, -0.15) is 0 Å². The van der Waals surface area contributed by atoms with Crippen LogP contribution >= 0.6 is 0 Å². The van der Waals surface area contributed by atoms with Crippen molar-refractivity contribution in [2.24, 2.45) is 0 Å². The molecule has 1 aliphatic rings. The van der Waals surface area contributed by atoms with Gasteiger partial charge in [0.25, 0.3) is 0 Å². The van der Waals surface area contributed by atoms with Gasteiger partial charge in [0.2, 0.25) is 0 Å². The summed E-state index contributed by atoms with van der Waals surface area (Å²) >= 11 is 0. The van der Waals surface area contributed by atoms with Crippen LogP contribution in [0.15, 0.2) is 77.3 Å². The predicted molar refractivity (Wildman–Crippen MR) is 128 cm³/mol. The van der Waals surface area contributed by atoms with E-state index in [9.17, 15) is 0 Å². The highest BCUT2D eigenvalue weighted by Gasteiger charge is 2.25. The summed E-state index contributed by atoms with van der Waals surface area (Å²) < 4.78 is 6.51. The van der Waals surface area contributed by atoms with Gasteiger partial charge in [-0.1, -0.05) is 69.3 Å². The minimum atomic E-state index is 0.0326. The van der Waals surface area contributed by atoms with Crippen LogP contribution in [0.3, 0.4) is 0 Å². The molecule has 2 nitrogen and oxygen atoms in total. The van der Waals surface area contributed by atoms with Crippen LogP contribution in [0.2, 0.25) is 0 Å². The molecule has 2 aromatic heterocycles. The second-order valence-electron chi connectivity index (χ2n) is 9.59. The zero-order valence-corrected chi connectivity index (χ0v) is 18.2. The number of nitrogens with zero attached hydrogens (tertiary/aromatic N) is 1. The molecule has 2 heterocycles. The van der Waals surface area contributed by atoms with Gasteiger partial charge in [0.15, 0.2) is 5.58 Å². The van der Waals surface area contributed by atoms with Crippen LogP contribution in [0.1, 0.15) is 37.7 Å². The first-order valence-electron chi connectivity index (χ1n) is 11.0. The van der Waals surface area contributed by atoms with Crippen molar-refractivity contribution in [2.45, 2.75) is 39.0 Å². The topological polar surface area (TPSA) is 26.0 Å². The van der Waals surface area contributed by atoms with E-state index < -0.39 is 0 Å².